The first kappa shape index (κ1) is 17.2. The van der Waals surface area contributed by atoms with Crippen LogP contribution in [0.15, 0.2) is 47.6 Å². The Labute approximate surface area is 150 Å². The molecule has 0 saturated heterocycles. The van der Waals surface area contributed by atoms with Crippen LogP contribution < -0.4 is 19.4 Å². The predicted molar refractivity (Wildman–Crippen MR) is 98.4 cm³/mol. The van der Waals surface area contributed by atoms with Gasteiger partial charge in [0.15, 0.2) is 11.0 Å². The van der Waals surface area contributed by atoms with Crippen molar-refractivity contribution >= 4 is 34.4 Å². The lowest BCUT2D eigenvalue weighted by molar-refractivity contribution is -0.683. The molecule has 3 rings (SSSR count). The molecule has 0 aliphatic heterocycles. The topological polar surface area (TPSA) is 67.2 Å². The molecule has 25 heavy (non-hydrogen) atoms. The minimum absolute atomic E-state index is 0.116. The molecular weight excluding hydrogens is 338 g/mol. The summed E-state index contributed by atoms with van der Waals surface area (Å²) in [5.41, 5.74) is 2.73. The number of aromatic amines is 1. The van der Waals surface area contributed by atoms with Crippen LogP contribution in [0.4, 0.5) is 5.69 Å². The summed E-state index contributed by atoms with van der Waals surface area (Å²) in [6.07, 6.45) is 0. The van der Waals surface area contributed by atoms with Gasteiger partial charge in [0.2, 0.25) is 5.91 Å². The van der Waals surface area contributed by atoms with Gasteiger partial charge in [-0.05, 0) is 36.0 Å². The molecule has 0 radical (unpaired) electrons. The Balaban J connectivity index is 1.69. The maximum Gasteiger partial charge on any atom is 0.317 e. The van der Waals surface area contributed by atoms with Gasteiger partial charge in [-0.15, -0.1) is 0 Å². The van der Waals surface area contributed by atoms with Crippen LogP contribution in [-0.2, 0) is 11.8 Å². The number of methoxy groups -OCH3 is 2. The Morgan fingerprint density at radius 2 is 2.00 bits per heavy atom. The zero-order valence-electron chi connectivity index (χ0n) is 14.3. The highest BCUT2D eigenvalue weighted by atomic mass is 32.2. The fourth-order valence-electron chi connectivity index (χ4n) is 2.55. The van der Waals surface area contributed by atoms with Gasteiger partial charge >= 0.3 is 5.16 Å². The maximum atomic E-state index is 12.3. The third-order valence-corrected chi connectivity index (χ3v) is 4.89. The van der Waals surface area contributed by atoms with Gasteiger partial charge in [0.05, 0.1) is 32.7 Å². The van der Waals surface area contributed by atoms with E-state index < -0.39 is 0 Å². The van der Waals surface area contributed by atoms with Crippen molar-refractivity contribution in [1.29, 1.82) is 0 Å². The average Bonchev–Trinajstić information content (AvgIpc) is 2.96. The molecule has 0 spiro atoms. The van der Waals surface area contributed by atoms with Crippen LogP contribution in [0.3, 0.4) is 0 Å². The Hall–Kier alpha value is -2.67. The normalized spacial score (nSPS) is 10.7. The molecule has 0 atom stereocenters. The van der Waals surface area contributed by atoms with Crippen LogP contribution in [0.2, 0.25) is 0 Å². The highest BCUT2D eigenvalue weighted by Crippen LogP contribution is 2.29. The van der Waals surface area contributed by atoms with E-state index in [1.165, 1.54) is 11.8 Å². The molecule has 2 N–H and O–H groups in total. The number of hydrogen-bond donors (Lipinski definition) is 2. The standard InChI is InChI=1S/C18H19N3O3S/c1-21-15-7-5-4-6-13(15)20-18(21)25-11-17(22)19-14-10-12(23-2)8-9-16(14)24-3/h4-10H,11H2,1-3H3,(H,19,22)/p+1. The van der Waals surface area contributed by atoms with Crippen molar-refractivity contribution in [3.05, 3.63) is 42.5 Å². The highest BCUT2D eigenvalue weighted by Gasteiger charge is 2.17. The summed E-state index contributed by atoms with van der Waals surface area (Å²) in [4.78, 5) is 15.7. The number of carbonyl (C=O) groups excluding carboxylic acids is 1. The number of para-hydroxylation sites is 2. The number of hydrogen-bond acceptors (Lipinski definition) is 4. The van der Waals surface area contributed by atoms with Gasteiger partial charge in [0.1, 0.15) is 11.5 Å². The smallest absolute Gasteiger partial charge is 0.317 e. The van der Waals surface area contributed by atoms with E-state index in [9.17, 15) is 4.79 Å². The number of aromatic nitrogens is 2. The third-order valence-electron chi connectivity index (χ3n) is 3.83. The molecule has 3 aromatic rings. The lowest BCUT2D eigenvalue weighted by Gasteiger charge is -2.11. The minimum Gasteiger partial charge on any atom is -0.497 e. The van der Waals surface area contributed by atoms with E-state index >= 15 is 0 Å². The number of imidazole rings is 1. The van der Waals surface area contributed by atoms with Crippen molar-refractivity contribution in [2.24, 2.45) is 7.05 Å². The van der Waals surface area contributed by atoms with Crippen molar-refractivity contribution < 1.29 is 18.8 Å². The Morgan fingerprint density at radius 3 is 2.72 bits per heavy atom. The van der Waals surface area contributed by atoms with Crippen molar-refractivity contribution in [2.45, 2.75) is 5.16 Å². The second-order valence-electron chi connectivity index (χ2n) is 5.41. The molecule has 1 amide bonds. The van der Waals surface area contributed by atoms with Gasteiger partial charge in [-0.1, -0.05) is 12.1 Å². The summed E-state index contributed by atoms with van der Waals surface area (Å²) in [5.74, 6) is 1.41. The summed E-state index contributed by atoms with van der Waals surface area (Å²) >= 11 is 1.45. The molecule has 0 saturated carbocycles. The molecule has 0 fully saturated rings. The van der Waals surface area contributed by atoms with Crippen LogP contribution in [0.25, 0.3) is 11.0 Å². The number of H-pyrrole nitrogens is 1. The first-order valence-electron chi connectivity index (χ1n) is 7.74. The number of amides is 1. The lowest BCUT2D eigenvalue weighted by atomic mass is 10.2. The summed E-state index contributed by atoms with van der Waals surface area (Å²) in [5, 5.41) is 3.80. The van der Waals surface area contributed by atoms with E-state index in [-0.39, 0.29) is 11.7 Å². The summed E-state index contributed by atoms with van der Waals surface area (Å²) in [6.45, 7) is 0. The molecule has 0 aliphatic carbocycles. The number of fused-ring (bicyclic) bond motifs is 1. The fourth-order valence-corrected chi connectivity index (χ4v) is 3.36. The molecular formula is C18H20N3O3S+. The average molecular weight is 358 g/mol. The second kappa shape index (κ2) is 7.48. The summed E-state index contributed by atoms with van der Waals surface area (Å²) < 4.78 is 12.5. The van der Waals surface area contributed by atoms with E-state index in [4.69, 9.17) is 9.47 Å². The van der Waals surface area contributed by atoms with E-state index in [1.807, 2.05) is 35.9 Å². The van der Waals surface area contributed by atoms with Crippen molar-refractivity contribution in [2.75, 3.05) is 25.3 Å². The lowest BCUT2D eigenvalue weighted by Crippen LogP contribution is -2.29. The zero-order chi connectivity index (χ0) is 17.8. The zero-order valence-corrected chi connectivity index (χ0v) is 15.1. The van der Waals surface area contributed by atoms with E-state index in [2.05, 4.69) is 10.3 Å². The van der Waals surface area contributed by atoms with E-state index in [0.717, 1.165) is 16.2 Å². The number of benzene rings is 2. The first-order valence-corrected chi connectivity index (χ1v) is 8.72. The van der Waals surface area contributed by atoms with Gasteiger partial charge in [0.25, 0.3) is 0 Å². The van der Waals surface area contributed by atoms with Crippen LogP contribution in [0, 0.1) is 0 Å². The number of ether oxygens (including phenoxy) is 2. The van der Waals surface area contributed by atoms with Gasteiger partial charge < -0.3 is 14.8 Å². The fraction of sp³-hybridized carbons (Fsp3) is 0.222. The van der Waals surface area contributed by atoms with Crippen LogP contribution in [0.1, 0.15) is 0 Å². The number of aryl methyl sites for hydroxylation is 1. The molecule has 130 valence electrons. The molecule has 2 aromatic carbocycles. The quantitative estimate of drug-likeness (QED) is 0.525. The van der Waals surface area contributed by atoms with Crippen molar-refractivity contribution in [3.8, 4) is 11.5 Å². The number of nitrogens with zero attached hydrogens (tertiary/aromatic N) is 1. The minimum atomic E-state index is -0.116. The Kier molecular flexibility index (Phi) is 5.14. The van der Waals surface area contributed by atoms with Gasteiger partial charge in [-0.25, -0.2) is 9.55 Å². The van der Waals surface area contributed by atoms with Gasteiger partial charge in [-0.3, -0.25) is 4.79 Å². The molecule has 0 bridgehead atoms. The summed E-state index contributed by atoms with van der Waals surface area (Å²) in [7, 11) is 5.13. The number of anilines is 1. The number of rotatable bonds is 6. The van der Waals surface area contributed by atoms with Crippen molar-refractivity contribution in [3.63, 3.8) is 0 Å². The SMILES string of the molecule is COc1ccc(OC)c(NC(=O)CSc2[nH]c3ccccc3[n+]2C)c1. The van der Waals surface area contributed by atoms with Crippen LogP contribution in [-0.4, -0.2) is 30.9 Å². The Bertz CT molecular complexity index is 908. The molecule has 7 heteroatoms. The summed E-state index contributed by atoms with van der Waals surface area (Å²) in [6, 6.07) is 13.3. The van der Waals surface area contributed by atoms with Crippen LogP contribution in [0.5, 0.6) is 11.5 Å². The van der Waals surface area contributed by atoms with E-state index in [1.54, 1.807) is 32.4 Å². The maximum absolute atomic E-state index is 12.3. The molecule has 6 nitrogen and oxygen atoms in total. The number of thioether (sulfide) groups is 1. The monoisotopic (exact) mass is 358 g/mol. The largest absolute Gasteiger partial charge is 0.497 e. The molecule has 1 aromatic heterocycles. The predicted octanol–water partition coefficient (Wildman–Crippen LogP) is 2.74. The molecule has 1 heterocycles. The van der Waals surface area contributed by atoms with E-state index in [0.29, 0.717) is 17.2 Å². The van der Waals surface area contributed by atoms with Gasteiger partial charge in [-0.2, -0.15) is 0 Å². The first-order chi connectivity index (χ1) is 12.1. The number of carbonyl (C=O) groups is 1. The van der Waals surface area contributed by atoms with Gasteiger partial charge in [0, 0.05) is 6.07 Å². The second-order valence-corrected chi connectivity index (χ2v) is 6.37. The van der Waals surface area contributed by atoms with Crippen LogP contribution >= 0.6 is 11.8 Å². The van der Waals surface area contributed by atoms with Crippen molar-refractivity contribution in [1.82, 2.24) is 4.98 Å². The third kappa shape index (κ3) is 3.71. The molecule has 0 unspecified atom stereocenters. The highest BCUT2D eigenvalue weighted by molar-refractivity contribution is 7.99. The number of nitrogens with one attached hydrogen (secondary N) is 2. The molecule has 0 aliphatic rings. The Morgan fingerprint density at radius 1 is 1.20 bits per heavy atom.